The number of aryl methyl sites for hydroxylation is 3. The van der Waals surface area contributed by atoms with Crippen molar-refractivity contribution in [3.8, 4) is 0 Å². The molecule has 3 heterocycles. The van der Waals surface area contributed by atoms with Crippen molar-refractivity contribution in [1.82, 2.24) is 25.1 Å². The van der Waals surface area contributed by atoms with Crippen LogP contribution in [0.2, 0.25) is 0 Å². The highest BCUT2D eigenvalue weighted by Gasteiger charge is 2.25. The zero-order valence-corrected chi connectivity index (χ0v) is 19.1. The maximum Gasteiger partial charge on any atom is 0.262 e. The fraction of sp³-hybridized carbons (Fsp3) is 0.375. The number of hydrogen-bond acceptors (Lipinski definition) is 5. The minimum absolute atomic E-state index is 0.0333. The van der Waals surface area contributed by atoms with Crippen molar-refractivity contribution in [1.29, 1.82) is 0 Å². The van der Waals surface area contributed by atoms with Gasteiger partial charge < -0.3 is 5.32 Å². The minimum atomic E-state index is -0.297. The molecule has 8 heteroatoms. The van der Waals surface area contributed by atoms with Crippen LogP contribution in [0, 0.1) is 19.7 Å². The van der Waals surface area contributed by atoms with E-state index in [9.17, 15) is 9.18 Å². The van der Waals surface area contributed by atoms with Gasteiger partial charge in [-0.3, -0.25) is 14.5 Å². The van der Waals surface area contributed by atoms with Crippen molar-refractivity contribution < 1.29 is 4.39 Å². The number of aromatic nitrogens is 4. The standard InChI is InChI=1S/C24H26FN5OS/c1-14-19(15(2)29-28-14)8-9-26-18-6-7-20-21(11-18)32-23-22(20)24(31)30(13-27-23)12-16-4-3-5-17(25)10-16/h3-5,10,13,18,26H,6-9,11-12H2,1-2H3,(H,28,29). The number of halogens is 1. The van der Waals surface area contributed by atoms with Gasteiger partial charge in [0, 0.05) is 16.6 Å². The van der Waals surface area contributed by atoms with Crippen LogP contribution in [0.15, 0.2) is 35.4 Å². The lowest BCUT2D eigenvalue weighted by molar-refractivity contribution is 0.466. The largest absolute Gasteiger partial charge is 0.313 e. The number of thiophene rings is 1. The summed E-state index contributed by atoms with van der Waals surface area (Å²) in [6.45, 7) is 5.33. The second-order valence-corrected chi connectivity index (χ2v) is 9.63. The average Bonchev–Trinajstić information content (AvgIpc) is 3.30. The third kappa shape index (κ3) is 4.00. The van der Waals surface area contributed by atoms with Gasteiger partial charge >= 0.3 is 0 Å². The number of fused-ring (bicyclic) bond motifs is 3. The SMILES string of the molecule is Cc1n[nH]c(C)c1CCNC1CCc2c(sc3ncn(Cc4cccc(F)c4)c(=O)c23)C1. The second kappa shape index (κ2) is 8.60. The zero-order valence-electron chi connectivity index (χ0n) is 18.2. The second-order valence-electron chi connectivity index (χ2n) is 8.55. The van der Waals surface area contributed by atoms with E-state index < -0.39 is 0 Å². The number of benzene rings is 1. The van der Waals surface area contributed by atoms with E-state index in [1.165, 1.54) is 22.6 Å². The Kier molecular flexibility index (Phi) is 5.65. The number of rotatable bonds is 6. The minimum Gasteiger partial charge on any atom is -0.313 e. The van der Waals surface area contributed by atoms with E-state index in [0.717, 1.165) is 65.0 Å². The monoisotopic (exact) mass is 451 g/mol. The third-order valence-corrected chi connectivity index (χ3v) is 7.53. The first-order valence-corrected chi connectivity index (χ1v) is 11.8. The summed E-state index contributed by atoms with van der Waals surface area (Å²) in [5, 5.41) is 11.8. The molecule has 0 bridgehead atoms. The molecule has 5 rings (SSSR count). The van der Waals surface area contributed by atoms with E-state index in [1.807, 2.05) is 13.0 Å². The van der Waals surface area contributed by atoms with Crippen LogP contribution in [0.25, 0.3) is 10.2 Å². The highest BCUT2D eigenvalue weighted by molar-refractivity contribution is 7.18. The van der Waals surface area contributed by atoms with Gasteiger partial charge in [-0.15, -0.1) is 11.3 Å². The van der Waals surface area contributed by atoms with Crippen LogP contribution in [0.1, 0.15) is 39.4 Å². The van der Waals surface area contributed by atoms with Crippen molar-refractivity contribution in [2.45, 2.75) is 52.1 Å². The molecule has 1 unspecified atom stereocenters. The highest BCUT2D eigenvalue weighted by atomic mass is 32.1. The van der Waals surface area contributed by atoms with Gasteiger partial charge in [-0.2, -0.15) is 5.10 Å². The Morgan fingerprint density at radius 1 is 1.34 bits per heavy atom. The summed E-state index contributed by atoms with van der Waals surface area (Å²) in [4.78, 5) is 19.8. The van der Waals surface area contributed by atoms with Crippen LogP contribution >= 0.6 is 11.3 Å². The van der Waals surface area contributed by atoms with Gasteiger partial charge in [0.05, 0.1) is 24.0 Å². The molecule has 1 atom stereocenters. The summed E-state index contributed by atoms with van der Waals surface area (Å²) in [6.07, 6.45) is 5.33. The Morgan fingerprint density at radius 3 is 3.00 bits per heavy atom. The van der Waals surface area contributed by atoms with Crippen LogP contribution in [-0.2, 0) is 25.8 Å². The highest BCUT2D eigenvalue weighted by Crippen LogP contribution is 2.33. The van der Waals surface area contributed by atoms with Gasteiger partial charge in [-0.1, -0.05) is 12.1 Å². The van der Waals surface area contributed by atoms with E-state index in [1.54, 1.807) is 28.3 Å². The van der Waals surface area contributed by atoms with E-state index in [2.05, 4.69) is 27.4 Å². The van der Waals surface area contributed by atoms with Crippen molar-refractivity contribution in [2.24, 2.45) is 0 Å². The molecule has 4 aromatic rings. The summed E-state index contributed by atoms with van der Waals surface area (Å²) >= 11 is 1.63. The summed E-state index contributed by atoms with van der Waals surface area (Å²) in [7, 11) is 0. The number of nitrogens with zero attached hydrogens (tertiary/aromatic N) is 3. The van der Waals surface area contributed by atoms with Crippen molar-refractivity contribution in [3.05, 3.63) is 79.7 Å². The van der Waals surface area contributed by atoms with E-state index in [4.69, 9.17) is 0 Å². The Bertz CT molecular complexity index is 1320. The lowest BCUT2D eigenvalue weighted by atomic mass is 9.93. The van der Waals surface area contributed by atoms with Crippen LogP contribution < -0.4 is 10.9 Å². The van der Waals surface area contributed by atoms with Gasteiger partial charge in [0.1, 0.15) is 10.6 Å². The zero-order chi connectivity index (χ0) is 22.2. The van der Waals surface area contributed by atoms with Gasteiger partial charge in [0.2, 0.25) is 0 Å². The molecular formula is C24H26FN5OS. The molecule has 6 nitrogen and oxygen atoms in total. The molecule has 3 aromatic heterocycles. The Morgan fingerprint density at radius 2 is 2.22 bits per heavy atom. The molecule has 1 aromatic carbocycles. The van der Waals surface area contributed by atoms with Crippen LogP contribution in [0.3, 0.4) is 0 Å². The van der Waals surface area contributed by atoms with Crippen LogP contribution in [-0.4, -0.2) is 32.3 Å². The summed E-state index contributed by atoms with van der Waals surface area (Å²) < 4.78 is 15.1. The fourth-order valence-electron chi connectivity index (χ4n) is 4.66. The van der Waals surface area contributed by atoms with Gasteiger partial charge in [-0.05, 0) is 74.9 Å². The van der Waals surface area contributed by atoms with Crippen molar-refractivity contribution in [2.75, 3.05) is 6.54 Å². The summed E-state index contributed by atoms with van der Waals surface area (Å²) in [5.74, 6) is -0.297. The predicted octanol–water partition coefficient (Wildman–Crippen LogP) is 3.67. The Labute approximate surface area is 189 Å². The van der Waals surface area contributed by atoms with Crippen molar-refractivity contribution in [3.63, 3.8) is 0 Å². The smallest absolute Gasteiger partial charge is 0.262 e. The maximum atomic E-state index is 13.5. The van der Waals surface area contributed by atoms with Crippen LogP contribution in [0.4, 0.5) is 4.39 Å². The number of hydrogen-bond donors (Lipinski definition) is 2. The molecule has 0 saturated heterocycles. The first-order valence-electron chi connectivity index (χ1n) is 11.0. The van der Waals surface area contributed by atoms with E-state index in [-0.39, 0.29) is 11.4 Å². The van der Waals surface area contributed by atoms with Crippen molar-refractivity contribution >= 4 is 21.6 Å². The van der Waals surface area contributed by atoms with E-state index in [0.29, 0.717) is 12.6 Å². The predicted molar refractivity (Wildman–Crippen MR) is 125 cm³/mol. The first kappa shape index (κ1) is 21.0. The molecular weight excluding hydrogens is 425 g/mol. The molecule has 1 aliphatic rings. The maximum absolute atomic E-state index is 13.5. The number of aromatic amines is 1. The van der Waals surface area contributed by atoms with Gasteiger partial charge in [-0.25, -0.2) is 9.37 Å². The Hall–Kier alpha value is -2.84. The Balaban J connectivity index is 1.32. The summed E-state index contributed by atoms with van der Waals surface area (Å²) in [5.41, 5.74) is 5.37. The topological polar surface area (TPSA) is 75.6 Å². The third-order valence-electron chi connectivity index (χ3n) is 6.37. The molecule has 0 fully saturated rings. The van der Waals surface area contributed by atoms with Gasteiger partial charge in [0.15, 0.2) is 0 Å². The molecule has 2 N–H and O–H groups in total. The van der Waals surface area contributed by atoms with Gasteiger partial charge in [0.25, 0.3) is 5.56 Å². The quantitative estimate of drug-likeness (QED) is 0.469. The molecule has 0 spiro atoms. The van der Waals surface area contributed by atoms with Crippen LogP contribution in [0.5, 0.6) is 0 Å². The molecule has 0 saturated carbocycles. The van der Waals surface area contributed by atoms with E-state index >= 15 is 0 Å². The average molecular weight is 452 g/mol. The first-order chi connectivity index (χ1) is 15.5. The lowest BCUT2D eigenvalue weighted by Crippen LogP contribution is -2.35. The lowest BCUT2D eigenvalue weighted by Gasteiger charge is -2.23. The molecule has 0 amide bonds. The molecule has 166 valence electrons. The fourth-order valence-corrected chi connectivity index (χ4v) is 5.92. The molecule has 1 aliphatic carbocycles. The molecule has 0 aliphatic heterocycles. The number of H-pyrrole nitrogens is 1. The normalized spacial score (nSPS) is 15.9. The molecule has 0 radical (unpaired) electrons. The summed E-state index contributed by atoms with van der Waals surface area (Å²) in [6, 6.07) is 6.76. The number of nitrogens with one attached hydrogen (secondary N) is 2. The molecule has 32 heavy (non-hydrogen) atoms.